The normalized spacial score (nSPS) is 12.0. The van der Waals surface area contributed by atoms with E-state index in [0.717, 1.165) is 0 Å². The van der Waals surface area contributed by atoms with Gasteiger partial charge in [-0.3, -0.25) is 0 Å². The molecule has 0 aliphatic heterocycles. The van der Waals surface area contributed by atoms with Gasteiger partial charge in [-0.15, -0.1) is 0 Å². The Morgan fingerprint density at radius 3 is 1.21 bits per heavy atom. The molecule has 0 bridgehead atoms. The largest absolute Gasteiger partial charge is 0.506 e. The molecule has 0 atom stereocenters. The second-order valence-corrected chi connectivity index (χ2v) is 3.76. The lowest BCUT2D eigenvalue weighted by Gasteiger charge is -2.37. The van der Waals surface area contributed by atoms with Crippen molar-refractivity contribution in [3.8, 4) is 0 Å². The van der Waals surface area contributed by atoms with Gasteiger partial charge >= 0.3 is 12.3 Å². The van der Waals surface area contributed by atoms with Gasteiger partial charge < -0.3 is 19.7 Å². The van der Waals surface area contributed by atoms with Crippen molar-refractivity contribution in [3.63, 3.8) is 0 Å². The van der Waals surface area contributed by atoms with Crippen LogP contribution in [-0.2, 0) is 9.47 Å². The predicted molar refractivity (Wildman–Crippen MR) is 46.4 cm³/mol. The molecule has 0 aromatic carbocycles. The SMILES string of the molecule is CC(C)(OC(=O)O)C(C)(C)OC(=O)O. The van der Waals surface area contributed by atoms with E-state index in [2.05, 4.69) is 9.47 Å². The maximum Gasteiger partial charge on any atom is 0.506 e. The van der Waals surface area contributed by atoms with Gasteiger partial charge in [-0.1, -0.05) is 0 Å². The van der Waals surface area contributed by atoms with Crippen LogP contribution in [0.5, 0.6) is 0 Å². The topological polar surface area (TPSA) is 93.1 Å². The number of hydrogen-bond donors (Lipinski definition) is 2. The molecule has 2 N–H and O–H groups in total. The molecule has 6 heteroatoms. The van der Waals surface area contributed by atoms with Crippen molar-refractivity contribution >= 4 is 12.3 Å². The van der Waals surface area contributed by atoms with Crippen molar-refractivity contribution in [3.05, 3.63) is 0 Å². The van der Waals surface area contributed by atoms with Crippen molar-refractivity contribution in [1.29, 1.82) is 0 Å². The Labute approximate surface area is 81.4 Å². The Morgan fingerprint density at radius 2 is 1.07 bits per heavy atom. The van der Waals surface area contributed by atoms with Gasteiger partial charge in [0.25, 0.3) is 0 Å². The summed E-state index contributed by atoms with van der Waals surface area (Å²) < 4.78 is 9.06. The highest BCUT2D eigenvalue weighted by Gasteiger charge is 2.44. The third-order valence-corrected chi connectivity index (χ3v) is 2.13. The van der Waals surface area contributed by atoms with Crippen LogP contribution >= 0.6 is 0 Å². The lowest BCUT2D eigenvalue weighted by Crippen LogP contribution is -2.51. The van der Waals surface area contributed by atoms with E-state index in [-0.39, 0.29) is 0 Å². The van der Waals surface area contributed by atoms with E-state index in [1.165, 1.54) is 27.7 Å². The summed E-state index contributed by atoms with van der Waals surface area (Å²) in [7, 11) is 0. The summed E-state index contributed by atoms with van der Waals surface area (Å²) >= 11 is 0. The van der Waals surface area contributed by atoms with Crippen LogP contribution in [0.4, 0.5) is 9.59 Å². The summed E-state index contributed by atoms with van der Waals surface area (Å²) in [6, 6.07) is 0. The van der Waals surface area contributed by atoms with E-state index in [0.29, 0.717) is 0 Å². The first-order valence-corrected chi connectivity index (χ1v) is 3.92. The first kappa shape index (κ1) is 12.5. The van der Waals surface area contributed by atoms with Gasteiger partial charge in [-0.25, -0.2) is 9.59 Å². The average Bonchev–Trinajstić information content (AvgIpc) is 1.78. The Bertz CT molecular complexity index is 216. The van der Waals surface area contributed by atoms with Crippen molar-refractivity contribution in [2.45, 2.75) is 38.9 Å². The number of rotatable bonds is 3. The molecule has 0 spiro atoms. The van der Waals surface area contributed by atoms with Gasteiger partial charge in [0.1, 0.15) is 11.2 Å². The molecule has 0 aliphatic rings. The minimum absolute atomic E-state index is 1.25. The third-order valence-electron chi connectivity index (χ3n) is 2.13. The number of carbonyl (C=O) groups is 2. The van der Waals surface area contributed by atoms with Crippen LogP contribution in [0.25, 0.3) is 0 Å². The molecule has 14 heavy (non-hydrogen) atoms. The summed E-state index contributed by atoms with van der Waals surface area (Å²) in [6.45, 7) is 5.74. The van der Waals surface area contributed by atoms with E-state index in [9.17, 15) is 9.59 Å². The highest BCUT2D eigenvalue weighted by atomic mass is 16.7. The monoisotopic (exact) mass is 206 g/mol. The highest BCUT2D eigenvalue weighted by molar-refractivity contribution is 5.59. The minimum Gasteiger partial charge on any atom is -0.450 e. The molecule has 6 nitrogen and oxygen atoms in total. The number of hydrogen-bond acceptors (Lipinski definition) is 4. The molecule has 0 fully saturated rings. The van der Waals surface area contributed by atoms with Gasteiger partial charge in [0.2, 0.25) is 0 Å². The Balaban J connectivity index is 4.67. The Kier molecular flexibility index (Phi) is 3.34. The van der Waals surface area contributed by atoms with Gasteiger partial charge in [-0.2, -0.15) is 0 Å². The van der Waals surface area contributed by atoms with Gasteiger partial charge in [0.15, 0.2) is 0 Å². The number of ether oxygens (including phenoxy) is 2. The minimum atomic E-state index is -1.47. The second-order valence-electron chi connectivity index (χ2n) is 3.76. The lowest BCUT2D eigenvalue weighted by molar-refractivity contribution is -0.134. The standard InChI is InChI=1S/C8H14O6/c1-7(2,13-5(9)10)8(3,4)14-6(11)12/h1-4H3,(H,9,10)(H,11,12). The second kappa shape index (κ2) is 3.73. The van der Waals surface area contributed by atoms with Crippen molar-refractivity contribution < 1.29 is 29.3 Å². The summed E-state index contributed by atoms with van der Waals surface area (Å²) in [5.74, 6) is 0. The summed E-state index contributed by atoms with van der Waals surface area (Å²) in [5.41, 5.74) is -2.51. The van der Waals surface area contributed by atoms with Gasteiger partial charge in [0, 0.05) is 0 Å². The van der Waals surface area contributed by atoms with Crippen LogP contribution in [0.3, 0.4) is 0 Å². The molecule has 0 amide bonds. The molecule has 0 aromatic rings. The van der Waals surface area contributed by atoms with E-state index < -0.39 is 23.5 Å². The van der Waals surface area contributed by atoms with E-state index >= 15 is 0 Å². The smallest absolute Gasteiger partial charge is 0.450 e. The van der Waals surface area contributed by atoms with Crippen LogP contribution in [0.2, 0.25) is 0 Å². The Hall–Kier alpha value is -1.46. The van der Waals surface area contributed by atoms with Crippen LogP contribution in [-0.4, -0.2) is 33.7 Å². The first-order valence-electron chi connectivity index (χ1n) is 3.92. The molecule has 82 valence electrons. The number of carboxylic acid groups (broad SMARTS) is 2. The zero-order valence-corrected chi connectivity index (χ0v) is 8.53. The first-order chi connectivity index (χ1) is 6.08. The van der Waals surface area contributed by atoms with Crippen LogP contribution in [0.1, 0.15) is 27.7 Å². The quantitative estimate of drug-likeness (QED) is 0.685. The molecule has 0 aliphatic carbocycles. The molecule has 0 saturated carbocycles. The predicted octanol–water partition coefficient (Wildman–Crippen LogP) is 1.93. The fraction of sp³-hybridized carbons (Fsp3) is 0.750. The highest BCUT2D eigenvalue weighted by Crippen LogP contribution is 2.29. The molecule has 0 unspecified atom stereocenters. The fourth-order valence-corrected chi connectivity index (χ4v) is 0.682. The molecular weight excluding hydrogens is 192 g/mol. The molecule has 0 saturated heterocycles. The zero-order chi connectivity index (χ0) is 11.6. The van der Waals surface area contributed by atoms with Crippen molar-refractivity contribution in [1.82, 2.24) is 0 Å². The van der Waals surface area contributed by atoms with Crippen LogP contribution < -0.4 is 0 Å². The van der Waals surface area contributed by atoms with E-state index in [1.54, 1.807) is 0 Å². The average molecular weight is 206 g/mol. The molecule has 0 heterocycles. The summed E-state index contributed by atoms with van der Waals surface area (Å²) in [6.07, 6.45) is -2.95. The molecule has 0 aromatic heterocycles. The van der Waals surface area contributed by atoms with Crippen molar-refractivity contribution in [2.75, 3.05) is 0 Å². The van der Waals surface area contributed by atoms with E-state index in [4.69, 9.17) is 10.2 Å². The van der Waals surface area contributed by atoms with E-state index in [1.807, 2.05) is 0 Å². The molecule has 0 rings (SSSR count). The molecular formula is C8H14O6. The van der Waals surface area contributed by atoms with Crippen molar-refractivity contribution in [2.24, 2.45) is 0 Å². The van der Waals surface area contributed by atoms with Gasteiger partial charge in [-0.05, 0) is 27.7 Å². The maximum absolute atomic E-state index is 10.3. The van der Waals surface area contributed by atoms with Crippen LogP contribution in [0, 0.1) is 0 Å². The lowest BCUT2D eigenvalue weighted by atomic mass is 9.89. The molecule has 0 radical (unpaired) electrons. The third kappa shape index (κ3) is 3.12. The maximum atomic E-state index is 10.3. The summed E-state index contributed by atoms with van der Waals surface area (Å²) in [5, 5.41) is 16.8. The zero-order valence-electron chi connectivity index (χ0n) is 8.53. The fourth-order valence-electron chi connectivity index (χ4n) is 0.682. The van der Waals surface area contributed by atoms with Gasteiger partial charge in [0.05, 0.1) is 0 Å². The Morgan fingerprint density at radius 1 is 0.857 bits per heavy atom. The summed E-state index contributed by atoms with van der Waals surface area (Å²) in [4.78, 5) is 20.6. The van der Waals surface area contributed by atoms with Crippen LogP contribution in [0.15, 0.2) is 0 Å².